The van der Waals surface area contributed by atoms with E-state index >= 15 is 0 Å². The monoisotopic (exact) mass is 337 g/mol. The molecule has 8 heteroatoms. The number of hydrogen-bond donors (Lipinski definition) is 1. The third-order valence-electron chi connectivity index (χ3n) is 3.48. The first-order valence-corrected chi connectivity index (χ1v) is 9.55. The van der Waals surface area contributed by atoms with E-state index in [0.717, 1.165) is 5.69 Å². The maximum absolute atomic E-state index is 12.0. The summed E-state index contributed by atoms with van der Waals surface area (Å²) in [7, 11) is -2.90. The van der Waals surface area contributed by atoms with E-state index in [1.807, 2.05) is 23.1 Å². The molecule has 1 fully saturated rings. The Hall–Kier alpha value is -1.93. The van der Waals surface area contributed by atoms with Crippen LogP contribution in [-0.2, 0) is 9.84 Å². The van der Waals surface area contributed by atoms with E-state index in [2.05, 4.69) is 10.3 Å². The lowest BCUT2D eigenvalue weighted by Crippen LogP contribution is -2.40. The van der Waals surface area contributed by atoms with Gasteiger partial charge in [-0.3, -0.25) is 4.79 Å². The van der Waals surface area contributed by atoms with Gasteiger partial charge in [-0.25, -0.2) is 13.4 Å². The molecule has 1 aliphatic heterocycles. The van der Waals surface area contributed by atoms with E-state index in [0.29, 0.717) is 24.5 Å². The molecule has 116 valence electrons. The lowest BCUT2D eigenvalue weighted by atomic mass is 10.2. The van der Waals surface area contributed by atoms with Crippen LogP contribution in [0.4, 0.5) is 11.4 Å². The average molecular weight is 337 g/mol. The molecule has 3 rings (SSSR count). The number of aromatic nitrogens is 1. The van der Waals surface area contributed by atoms with Crippen molar-refractivity contribution in [3.8, 4) is 0 Å². The van der Waals surface area contributed by atoms with Crippen LogP contribution in [0.1, 0.15) is 10.5 Å². The molecule has 1 saturated heterocycles. The van der Waals surface area contributed by atoms with Crippen LogP contribution >= 0.6 is 11.3 Å². The zero-order valence-corrected chi connectivity index (χ0v) is 13.4. The smallest absolute Gasteiger partial charge is 0.275 e. The number of hydrogen-bond acceptors (Lipinski definition) is 6. The van der Waals surface area contributed by atoms with Crippen molar-refractivity contribution in [1.29, 1.82) is 0 Å². The van der Waals surface area contributed by atoms with Crippen molar-refractivity contribution >= 4 is 38.5 Å². The van der Waals surface area contributed by atoms with Gasteiger partial charge in [0.2, 0.25) is 0 Å². The maximum Gasteiger partial charge on any atom is 0.275 e. The molecule has 2 aromatic rings. The average Bonchev–Trinajstić information content (AvgIpc) is 3.02. The summed E-state index contributed by atoms with van der Waals surface area (Å²) in [6.45, 7) is 0.956. The molecule has 0 radical (unpaired) electrons. The number of anilines is 2. The van der Waals surface area contributed by atoms with Crippen molar-refractivity contribution in [3.05, 3.63) is 40.8 Å². The Morgan fingerprint density at radius 2 is 2.05 bits per heavy atom. The third-order valence-corrected chi connectivity index (χ3v) is 5.67. The number of sulfone groups is 1. The van der Waals surface area contributed by atoms with Crippen LogP contribution in [0.15, 0.2) is 35.2 Å². The van der Waals surface area contributed by atoms with Gasteiger partial charge in [-0.15, -0.1) is 11.3 Å². The molecule has 0 aliphatic carbocycles. The van der Waals surface area contributed by atoms with Crippen molar-refractivity contribution in [2.75, 3.05) is 34.8 Å². The second kappa shape index (κ2) is 6.05. The minimum atomic E-state index is -2.90. The highest BCUT2D eigenvalue weighted by atomic mass is 32.2. The molecule has 1 amide bonds. The summed E-state index contributed by atoms with van der Waals surface area (Å²) in [6, 6.07) is 7.40. The molecule has 1 aliphatic rings. The number of benzene rings is 1. The number of thiazole rings is 1. The van der Waals surface area contributed by atoms with Gasteiger partial charge in [-0.1, -0.05) is 6.07 Å². The minimum absolute atomic E-state index is 0.169. The number of nitrogens with one attached hydrogen (secondary N) is 1. The standard InChI is InChI=1S/C14H15N3O3S2/c18-14(13-9-21-10-15-13)16-11-2-1-3-12(8-11)17-4-6-22(19,20)7-5-17/h1-3,8-10H,4-7H2,(H,16,18). The first-order chi connectivity index (χ1) is 10.5. The Morgan fingerprint density at radius 3 is 2.73 bits per heavy atom. The van der Waals surface area contributed by atoms with E-state index in [-0.39, 0.29) is 17.4 Å². The number of carbonyl (C=O) groups excluding carboxylic acids is 1. The van der Waals surface area contributed by atoms with Crippen LogP contribution in [0.5, 0.6) is 0 Å². The quantitative estimate of drug-likeness (QED) is 0.921. The largest absolute Gasteiger partial charge is 0.369 e. The molecule has 6 nitrogen and oxygen atoms in total. The fourth-order valence-electron chi connectivity index (χ4n) is 2.27. The van der Waals surface area contributed by atoms with Gasteiger partial charge >= 0.3 is 0 Å². The van der Waals surface area contributed by atoms with Gasteiger partial charge in [0.1, 0.15) is 5.69 Å². The van der Waals surface area contributed by atoms with E-state index in [9.17, 15) is 13.2 Å². The minimum Gasteiger partial charge on any atom is -0.369 e. The highest BCUT2D eigenvalue weighted by molar-refractivity contribution is 7.91. The summed E-state index contributed by atoms with van der Waals surface area (Å²) in [5.41, 5.74) is 3.58. The molecule has 0 unspecified atom stereocenters. The van der Waals surface area contributed by atoms with E-state index in [4.69, 9.17) is 0 Å². The topological polar surface area (TPSA) is 79.4 Å². The first-order valence-electron chi connectivity index (χ1n) is 6.78. The normalized spacial score (nSPS) is 17.2. The number of amides is 1. The Balaban J connectivity index is 1.72. The molecule has 0 spiro atoms. The molecule has 0 atom stereocenters. The fraction of sp³-hybridized carbons (Fsp3) is 0.286. The molecule has 0 bridgehead atoms. The summed E-state index contributed by atoms with van der Waals surface area (Å²) in [4.78, 5) is 18.0. The summed E-state index contributed by atoms with van der Waals surface area (Å²) in [6.07, 6.45) is 0. The molecule has 1 N–H and O–H groups in total. The van der Waals surface area contributed by atoms with Gasteiger partial charge in [0.05, 0.1) is 17.0 Å². The molecule has 1 aromatic carbocycles. The third kappa shape index (κ3) is 3.45. The van der Waals surface area contributed by atoms with Gasteiger partial charge in [0.15, 0.2) is 9.84 Å². The number of rotatable bonds is 3. The van der Waals surface area contributed by atoms with Crippen molar-refractivity contribution in [3.63, 3.8) is 0 Å². The SMILES string of the molecule is O=C(Nc1cccc(N2CCS(=O)(=O)CC2)c1)c1cscn1. The first kappa shape index (κ1) is 15.0. The maximum atomic E-state index is 12.0. The summed E-state index contributed by atoms with van der Waals surface area (Å²) < 4.78 is 23.0. The number of nitrogens with zero attached hydrogens (tertiary/aromatic N) is 2. The molecule has 0 saturated carbocycles. The van der Waals surface area contributed by atoms with Crippen LogP contribution in [0.2, 0.25) is 0 Å². The van der Waals surface area contributed by atoms with Crippen LogP contribution in [-0.4, -0.2) is 43.9 Å². The van der Waals surface area contributed by atoms with Crippen molar-refractivity contribution in [2.45, 2.75) is 0 Å². The second-order valence-electron chi connectivity index (χ2n) is 5.02. The van der Waals surface area contributed by atoms with Crippen LogP contribution in [0.25, 0.3) is 0 Å². The zero-order valence-electron chi connectivity index (χ0n) is 11.7. The fourth-order valence-corrected chi connectivity index (χ4v) is 4.00. The molecule has 22 heavy (non-hydrogen) atoms. The Bertz CT molecular complexity index is 758. The van der Waals surface area contributed by atoms with Gasteiger partial charge in [-0.2, -0.15) is 0 Å². The van der Waals surface area contributed by atoms with Crippen molar-refractivity contribution in [2.24, 2.45) is 0 Å². The second-order valence-corrected chi connectivity index (χ2v) is 8.04. The van der Waals surface area contributed by atoms with Crippen LogP contribution in [0, 0.1) is 0 Å². The van der Waals surface area contributed by atoms with Crippen molar-refractivity contribution in [1.82, 2.24) is 4.98 Å². The predicted molar refractivity (Wildman–Crippen MR) is 87.4 cm³/mol. The van der Waals surface area contributed by atoms with E-state index < -0.39 is 9.84 Å². The van der Waals surface area contributed by atoms with E-state index in [1.54, 1.807) is 17.0 Å². The summed E-state index contributed by atoms with van der Waals surface area (Å²) in [5.74, 6) is 0.0878. The molecule has 1 aromatic heterocycles. The van der Waals surface area contributed by atoms with Crippen molar-refractivity contribution < 1.29 is 13.2 Å². The Kier molecular flexibility index (Phi) is 4.12. The zero-order chi connectivity index (χ0) is 15.6. The van der Waals surface area contributed by atoms with Gasteiger partial charge in [-0.05, 0) is 18.2 Å². The van der Waals surface area contributed by atoms with Crippen LogP contribution in [0.3, 0.4) is 0 Å². The molecule has 2 heterocycles. The molecular formula is C14H15N3O3S2. The highest BCUT2D eigenvalue weighted by Crippen LogP contribution is 2.22. The Labute approximate surface area is 132 Å². The van der Waals surface area contributed by atoms with Gasteiger partial charge < -0.3 is 10.2 Å². The Morgan fingerprint density at radius 1 is 1.27 bits per heavy atom. The summed E-state index contributed by atoms with van der Waals surface area (Å²) in [5, 5.41) is 4.49. The lowest BCUT2D eigenvalue weighted by molar-refractivity contribution is 0.102. The van der Waals surface area contributed by atoms with Gasteiger partial charge in [0, 0.05) is 29.8 Å². The van der Waals surface area contributed by atoms with E-state index in [1.165, 1.54) is 11.3 Å². The lowest BCUT2D eigenvalue weighted by Gasteiger charge is -2.29. The highest BCUT2D eigenvalue weighted by Gasteiger charge is 2.21. The predicted octanol–water partition coefficient (Wildman–Crippen LogP) is 1.63. The number of carbonyl (C=O) groups is 1. The summed E-state index contributed by atoms with van der Waals surface area (Å²) >= 11 is 1.37. The van der Waals surface area contributed by atoms with Gasteiger partial charge in [0.25, 0.3) is 5.91 Å². The van der Waals surface area contributed by atoms with Crippen LogP contribution < -0.4 is 10.2 Å². The molecular weight excluding hydrogens is 322 g/mol.